The molecule has 0 radical (unpaired) electrons. The number of nitro groups is 1. The van der Waals surface area contributed by atoms with Crippen LogP contribution >= 0.6 is 0 Å². The number of nitrogens with two attached hydrogens (primary N) is 1. The molecule has 20 heteroatoms. The first kappa shape index (κ1) is 47.1. The van der Waals surface area contributed by atoms with Gasteiger partial charge in [0, 0.05) is 67.6 Å². The maximum absolute atomic E-state index is 12.0. The first-order chi connectivity index (χ1) is 33.2. The molecule has 8 aromatic rings. The number of nitrogens with one attached hydrogen (secondary N) is 4. The molecular formula is C48H46N12O8. The molecular weight excluding hydrogens is 873 g/mol. The van der Waals surface area contributed by atoms with E-state index in [2.05, 4.69) is 51.2 Å². The molecule has 0 saturated heterocycles. The highest BCUT2D eigenvalue weighted by molar-refractivity contribution is 5.97. The Kier molecular flexibility index (Phi) is 16.2. The van der Waals surface area contributed by atoms with E-state index in [4.69, 9.17) is 24.7 Å². The molecule has 4 aromatic heterocycles. The number of benzene rings is 4. The molecule has 0 aliphatic rings. The van der Waals surface area contributed by atoms with Crippen LogP contribution in [0.15, 0.2) is 134 Å². The van der Waals surface area contributed by atoms with Crippen molar-refractivity contribution < 1.29 is 33.5 Å². The van der Waals surface area contributed by atoms with Gasteiger partial charge in [-0.2, -0.15) is 0 Å². The van der Waals surface area contributed by atoms with Crippen molar-refractivity contribution >= 4 is 68.0 Å². The van der Waals surface area contributed by atoms with Crippen molar-refractivity contribution in [2.75, 3.05) is 56.9 Å². The Hall–Kier alpha value is -8.88. The third-order valence-corrected chi connectivity index (χ3v) is 9.88. The number of nitrogens with zero attached hydrogens (tertiary/aromatic N) is 7. The van der Waals surface area contributed by atoms with E-state index in [1.165, 1.54) is 30.9 Å². The number of fused-ring (bicyclic) bond motifs is 2. The molecule has 0 spiro atoms. The maximum atomic E-state index is 12.0. The van der Waals surface area contributed by atoms with Gasteiger partial charge in [0.2, 0.25) is 0 Å². The number of carbonyl (C=O) groups is 2. The van der Waals surface area contributed by atoms with Crippen molar-refractivity contribution in [2.24, 2.45) is 0 Å². The van der Waals surface area contributed by atoms with Gasteiger partial charge in [-0.25, -0.2) is 29.9 Å². The second-order valence-electron chi connectivity index (χ2n) is 14.6. The summed E-state index contributed by atoms with van der Waals surface area (Å²) in [4.78, 5) is 60.2. The topological polar surface area (TPSA) is 266 Å². The van der Waals surface area contributed by atoms with E-state index in [1.807, 2.05) is 54.6 Å². The number of anilines is 5. The molecule has 346 valence electrons. The van der Waals surface area contributed by atoms with Gasteiger partial charge in [-0.1, -0.05) is 42.5 Å². The Balaban J connectivity index is 0.000000202. The summed E-state index contributed by atoms with van der Waals surface area (Å²) in [7, 11) is 3.13. The normalized spacial score (nSPS) is 10.7. The number of methoxy groups -OCH3 is 2. The zero-order valence-corrected chi connectivity index (χ0v) is 36.9. The van der Waals surface area contributed by atoms with Crippen LogP contribution in [0.2, 0.25) is 0 Å². The number of aromatic nitrogens is 6. The highest BCUT2D eigenvalue weighted by Gasteiger charge is 2.15. The molecule has 0 aliphatic heterocycles. The average Bonchev–Trinajstić information content (AvgIpc) is 3.36. The first-order valence-electron chi connectivity index (χ1n) is 21.0. The smallest absolute Gasteiger partial charge is 0.277 e. The van der Waals surface area contributed by atoms with Crippen molar-refractivity contribution in [3.63, 3.8) is 0 Å². The fourth-order valence-electron chi connectivity index (χ4n) is 6.54. The molecule has 4 heterocycles. The third kappa shape index (κ3) is 12.7. The number of nitrogen functional groups attached to an aromatic ring is 1. The highest BCUT2D eigenvalue weighted by Crippen LogP contribution is 2.34. The highest BCUT2D eigenvalue weighted by atomic mass is 16.6. The molecule has 20 nitrogen and oxygen atoms in total. The number of ether oxygens (including phenoxy) is 4. The number of hydrogen-bond donors (Lipinski definition) is 5. The molecule has 2 amide bonds. The van der Waals surface area contributed by atoms with Gasteiger partial charge in [0.15, 0.2) is 0 Å². The zero-order chi connectivity index (χ0) is 47.7. The first-order valence-corrected chi connectivity index (χ1v) is 21.0. The lowest BCUT2D eigenvalue weighted by molar-refractivity contribution is -0.383. The van der Waals surface area contributed by atoms with Crippen LogP contribution in [0.1, 0.15) is 32.1 Å². The molecule has 8 rings (SSSR count). The van der Waals surface area contributed by atoms with E-state index < -0.39 is 4.92 Å². The van der Waals surface area contributed by atoms with E-state index in [1.54, 1.807) is 63.0 Å². The van der Waals surface area contributed by atoms with Crippen molar-refractivity contribution in [2.45, 2.75) is 13.2 Å². The average molecular weight is 919 g/mol. The van der Waals surface area contributed by atoms with Gasteiger partial charge in [0.1, 0.15) is 59.4 Å². The van der Waals surface area contributed by atoms with Crippen LogP contribution in [0.3, 0.4) is 0 Å². The lowest BCUT2D eigenvalue weighted by atomic mass is 10.1. The number of hydrogen-bond acceptors (Lipinski definition) is 17. The summed E-state index contributed by atoms with van der Waals surface area (Å²) in [5.74, 6) is 2.66. The zero-order valence-electron chi connectivity index (χ0n) is 36.9. The van der Waals surface area contributed by atoms with E-state index in [0.29, 0.717) is 78.4 Å². The fraction of sp³-hybridized carbons (Fsp3) is 0.167. The molecule has 0 aliphatic carbocycles. The molecule has 0 unspecified atom stereocenters. The standard InChI is InChI=1S/C24H22N6O5.C24H24N6O3/c1-34-11-10-26-24(31)19-13-28-23(14-27-19)29-22-12-16(8-9-25-22)15-35-21-7-6-20(30(32)33)17-4-2-3-5-18(17)21;1-32-11-10-27-24(31)20-13-29-23(14-28-20)30-22-12-16(8-9-26-22)15-33-21-7-6-19(25)17-4-2-3-5-18(17)21/h2-9,12-14H,10-11,15H2,1H3,(H,26,31)(H,25,28,29);2-9,12-14H,10-11,15,25H2,1H3,(H,27,31)(H,26,29,30). The van der Waals surface area contributed by atoms with E-state index >= 15 is 0 Å². The van der Waals surface area contributed by atoms with Crippen molar-refractivity contribution in [3.8, 4) is 11.5 Å². The summed E-state index contributed by atoms with van der Waals surface area (Å²) in [5.41, 5.74) is 8.98. The summed E-state index contributed by atoms with van der Waals surface area (Å²) in [6, 6.07) is 29.0. The largest absolute Gasteiger partial charge is 0.488 e. The second-order valence-corrected chi connectivity index (χ2v) is 14.6. The van der Waals surface area contributed by atoms with Crippen LogP contribution in [0.25, 0.3) is 21.5 Å². The van der Waals surface area contributed by atoms with Gasteiger partial charge in [0.25, 0.3) is 17.5 Å². The van der Waals surface area contributed by atoms with Gasteiger partial charge in [0.05, 0.1) is 48.3 Å². The maximum Gasteiger partial charge on any atom is 0.277 e. The number of non-ortho nitro benzene ring substituents is 1. The Labute approximate surface area is 389 Å². The van der Waals surface area contributed by atoms with E-state index in [-0.39, 0.29) is 35.5 Å². The summed E-state index contributed by atoms with van der Waals surface area (Å²) in [6.07, 6.45) is 9.02. The van der Waals surface area contributed by atoms with Crippen LogP contribution in [-0.2, 0) is 22.7 Å². The Morgan fingerprint density at radius 3 is 1.51 bits per heavy atom. The molecule has 0 fully saturated rings. The van der Waals surface area contributed by atoms with Gasteiger partial charge >= 0.3 is 0 Å². The molecule has 0 atom stereocenters. The molecule has 68 heavy (non-hydrogen) atoms. The minimum Gasteiger partial charge on any atom is -0.488 e. The van der Waals surface area contributed by atoms with Gasteiger partial charge < -0.3 is 45.9 Å². The quantitative estimate of drug-likeness (QED) is 0.0238. The van der Waals surface area contributed by atoms with E-state index in [0.717, 1.165) is 27.6 Å². The van der Waals surface area contributed by atoms with Crippen molar-refractivity contribution in [1.82, 2.24) is 40.5 Å². The van der Waals surface area contributed by atoms with Gasteiger partial charge in [-0.15, -0.1) is 0 Å². The molecule has 4 aromatic carbocycles. The Morgan fingerprint density at radius 2 is 1.04 bits per heavy atom. The minimum atomic E-state index is -0.407. The minimum absolute atomic E-state index is 0.0305. The molecule has 0 saturated carbocycles. The fourth-order valence-corrected chi connectivity index (χ4v) is 6.54. The number of nitro benzene ring substituents is 1. The van der Waals surface area contributed by atoms with E-state index in [9.17, 15) is 19.7 Å². The van der Waals surface area contributed by atoms with Gasteiger partial charge in [-0.3, -0.25) is 19.7 Å². The SMILES string of the molecule is COCCNC(=O)c1cnc(Nc2cc(COc3ccc(N)c4ccccc34)ccn2)cn1.COCCNC(=O)c1cnc(Nc2cc(COc3ccc([N+](=O)[O-])c4ccccc34)ccn2)cn1. The van der Waals surface area contributed by atoms with Crippen LogP contribution in [-0.4, -0.2) is 87.2 Å². The van der Waals surface area contributed by atoms with Crippen LogP contribution in [0.4, 0.5) is 34.6 Å². The number of carbonyl (C=O) groups excluding carboxylic acids is 2. The molecule has 0 bridgehead atoms. The predicted octanol–water partition coefficient (Wildman–Crippen LogP) is 6.94. The second kappa shape index (κ2) is 23.3. The summed E-state index contributed by atoms with van der Waals surface area (Å²) >= 11 is 0. The Morgan fingerprint density at radius 1 is 0.574 bits per heavy atom. The molecule has 6 N–H and O–H groups in total. The number of amides is 2. The monoisotopic (exact) mass is 918 g/mol. The van der Waals surface area contributed by atoms with Crippen LogP contribution in [0, 0.1) is 10.1 Å². The lowest BCUT2D eigenvalue weighted by Crippen LogP contribution is -2.27. The predicted molar refractivity (Wildman–Crippen MR) is 255 cm³/mol. The van der Waals surface area contributed by atoms with Crippen LogP contribution < -0.4 is 36.5 Å². The van der Waals surface area contributed by atoms with Crippen LogP contribution in [0.5, 0.6) is 11.5 Å². The third-order valence-electron chi connectivity index (χ3n) is 9.88. The number of rotatable bonds is 19. The Bertz CT molecular complexity index is 3000. The summed E-state index contributed by atoms with van der Waals surface area (Å²) in [5, 5.41) is 25.9. The summed E-state index contributed by atoms with van der Waals surface area (Å²) in [6.45, 7) is 2.21. The van der Waals surface area contributed by atoms with Crippen molar-refractivity contribution in [3.05, 3.63) is 167 Å². The number of pyridine rings is 2. The lowest BCUT2D eigenvalue weighted by Gasteiger charge is -2.12. The summed E-state index contributed by atoms with van der Waals surface area (Å²) < 4.78 is 21.8. The van der Waals surface area contributed by atoms with Crippen molar-refractivity contribution in [1.29, 1.82) is 0 Å². The van der Waals surface area contributed by atoms with Gasteiger partial charge in [-0.05, 0) is 59.7 Å².